The first-order chi connectivity index (χ1) is 8.69. The summed E-state index contributed by atoms with van der Waals surface area (Å²) in [5.74, 6) is -0.263. The summed E-state index contributed by atoms with van der Waals surface area (Å²) in [6.07, 6.45) is -0.678. The van der Waals surface area contributed by atoms with Crippen LogP contribution in [0.15, 0.2) is 30.3 Å². The zero-order valence-corrected chi connectivity index (χ0v) is 12.2. The number of rotatable bonds is 5. The van der Waals surface area contributed by atoms with E-state index in [1.54, 1.807) is 27.7 Å². The van der Waals surface area contributed by atoms with Gasteiger partial charge in [0.2, 0.25) is 0 Å². The molecular formula is C15H23NO3. The highest BCUT2D eigenvalue weighted by atomic mass is 16.5. The fourth-order valence-corrected chi connectivity index (χ4v) is 1.55. The van der Waals surface area contributed by atoms with Gasteiger partial charge in [0.25, 0.3) is 5.91 Å². The molecule has 0 saturated carbocycles. The van der Waals surface area contributed by atoms with Crippen LogP contribution in [0.4, 0.5) is 0 Å². The Morgan fingerprint density at radius 3 is 2.16 bits per heavy atom. The van der Waals surface area contributed by atoms with Crippen LogP contribution in [-0.4, -0.2) is 29.3 Å². The molecule has 1 aromatic carbocycles. The third-order valence-corrected chi connectivity index (χ3v) is 3.54. The van der Waals surface area contributed by atoms with Crippen molar-refractivity contribution in [2.24, 2.45) is 0 Å². The molecule has 1 unspecified atom stereocenters. The van der Waals surface area contributed by atoms with Gasteiger partial charge in [0, 0.05) is 7.11 Å². The molecule has 1 rings (SSSR count). The van der Waals surface area contributed by atoms with Gasteiger partial charge in [-0.05, 0) is 33.3 Å². The lowest BCUT2D eigenvalue weighted by Gasteiger charge is -2.38. The summed E-state index contributed by atoms with van der Waals surface area (Å²) >= 11 is 0. The minimum absolute atomic E-state index is 0.263. The van der Waals surface area contributed by atoms with Crippen LogP contribution < -0.4 is 5.32 Å². The van der Waals surface area contributed by atoms with E-state index in [0.29, 0.717) is 0 Å². The molecule has 1 atom stereocenters. The fourth-order valence-electron chi connectivity index (χ4n) is 1.55. The molecule has 0 radical (unpaired) electrons. The number of methoxy groups -OCH3 is 1. The lowest BCUT2D eigenvalue weighted by Crippen LogP contribution is -2.58. The number of hydrogen-bond acceptors (Lipinski definition) is 3. The number of carbonyl (C=O) groups is 1. The van der Waals surface area contributed by atoms with E-state index in [0.717, 1.165) is 5.56 Å². The quantitative estimate of drug-likeness (QED) is 0.856. The molecule has 0 aliphatic heterocycles. The lowest BCUT2D eigenvalue weighted by molar-refractivity contribution is -0.136. The SMILES string of the molecule is COC(C(=O)NC(C)(C)C(C)(C)O)c1ccccc1. The minimum atomic E-state index is -1.03. The summed E-state index contributed by atoms with van der Waals surface area (Å²) in [7, 11) is 1.49. The van der Waals surface area contributed by atoms with E-state index < -0.39 is 17.2 Å². The van der Waals surface area contributed by atoms with Crippen molar-refractivity contribution in [1.82, 2.24) is 5.32 Å². The van der Waals surface area contributed by atoms with Gasteiger partial charge in [-0.2, -0.15) is 0 Å². The number of ether oxygens (including phenoxy) is 1. The molecule has 2 N–H and O–H groups in total. The zero-order chi connectivity index (χ0) is 14.7. The summed E-state index contributed by atoms with van der Waals surface area (Å²) in [4.78, 5) is 12.3. The molecule has 0 heterocycles. The van der Waals surface area contributed by atoms with Crippen molar-refractivity contribution >= 4 is 5.91 Å². The van der Waals surface area contributed by atoms with Crippen LogP contribution in [0.5, 0.6) is 0 Å². The average molecular weight is 265 g/mol. The van der Waals surface area contributed by atoms with Gasteiger partial charge in [0.1, 0.15) is 0 Å². The number of amides is 1. The van der Waals surface area contributed by atoms with E-state index >= 15 is 0 Å². The second kappa shape index (κ2) is 5.72. The number of hydrogen-bond donors (Lipinski definition) is 2. The highest BCUT2D eigenvalue weighted by Gasteiger charge is 2.38. The van der Waals surface area contributed by atoms with Gasteiger partial charge >= 0.3 is 0 Å². The predicted octanol–water partition coefficient (Wildman–Crippen LogP) is 2.04. The molecule has 0 bridgehead atoms. The van der Waals surface area contributed by atoms with E-state index in [9.17, 15) is 9.90 Å². The van der Waals surface area contributed by atoms with Gasteiger partial charge in [-0.15, -0.1) is 0 Å². The van der Waals surface area contributed by atoms with Crippen molar-refractivity contribution in [3.63, 3.8) is 0 Å². The first-order valence-corrected chi connectivity index (χ1v) is 6.31. The van der Waals surface area contributed by atoms with Gasteiger partial charge in [-0.3, -0.25) is 4.79 Å². The van der Waals surface area contributed by atoms with Gasteiger partial charge in [-0.25, -0.2) is 0 Å². The van der Waals surface area contributed by atoms with Gasteiger partial charge in [0.05, 0.1) is 11.1 Å². The second-order valence-corrected chi connectivity index (χ2v) is 5.70. The summed E-state index contributed by atoms with van der Waals surface area (Å²) in [6.45, 7) is 6.89. The number of benzene rings is 1. The monoisotopic (exact) mass is 265 g/mol. The topological polar surface area (TPSA) is 58.6 Å². The maximum Gasteiger partial charge on any atom is 0.254 e. The highest BCUT2D eigenvalue weighted by molar-refractivity contribution is 5.83. The van der Waals surface area contributed by atoms with Crippen molar-refractivity contribution in [3.8, 4) is 0 Å². The van der Waals surface area contributed by atoms with Gasteiger partial charge in [-0.1, -0.05) is 30.3 Å². The number of carbonyl (C=O) groups excluding carboxylic acids is 1. The zero-order valence-electron chi connectivity index (χ0n) is 12.2. The van der Waals surface area contributed by atoms with Crippen LogP contribution >= 0.6 is 0 Å². The molecule has 4 nitrogen and oxygen atoms in total. The Balaban J connectivity index is 2.88. The van der Waals surface area contributed by atoms with Crippen LogP contribution in [0.1, 0.15) is 39.4 Å². The van der Waals surface area contributed by atoms with Crippen LogP contribution in [0.2, 0.25) is 0 Å². The average Bonchev–Trinajstić information content (AvgIpc) is 2.29. The van der Waals surface area contributed by atoms with Crippen molar-refractivity contribution in [2.75, 3.05) is 7.11 Å². The molecule has 0 aromatic heterocycles. The largest absolute Gasteiger partial charge is 0.388 e. The van der Waals surface area contributed by atoms with Gasteiger partial charge in [0.15, 0.2) is 6.10 Å². The van der Waals surface area contributed by atoms with Crippen LogP contribution in [0.3, 0.4) is 0 Å². The maximum atomic E-state index is 12.3. The Kier molecular flexibility index (Phi) is 4.71. The van der Waals surface area contributed by atoms with E-state index in [4.69, 9.17) is 4.74 Å². The summed E-state index contributed by atoms with van der Waals surface area (Å²) < 4.78 is 5.26. The molecule has 19 heavy (non-hydrogen) atoms. The van der Waals surface area contributed by atoms with Crippen LogP contribution in [0, 0.1) is 0 Å². The Morgan fingerprint density at radius 1 is 1.21 bits per heavy atom. The summed E-state index contributed by atoms with van der Waals surface area (Å²) in [6, 6.07) is 9.27. The normalized spacial score (nSPS) is 14.0. The summed E-state index contributed by atoms with van der Waals surface area (Å²) in [5.41, 5.74) is -0.998. The smallest absolute Gasteiger partial charge is 0.254 e. The molecule has 0 saturated heterocycles. The van der Waals surface area contributed by atoms with Crippen molar-refractivity contribution in [2.45, 2.75) is 44.9 Å². The first-order valence-electron chi connectivity index (χ1n) is 6.31. The lowest BCUT2D eigenvalue weighted by atomic mass is 9.85. The van der Waals surface area contributed by atoms with Crippen molar-refractivity contribution in [3.05, 3.63) is 35.9 Å². The number of nitrogens with one attached hydrogen (secondary N) is 1. The molecule has 1 amide bonds. The molecule has 0 fully saturated rings. The molecule has 0 aliphatic rings. The Bertz CT molecular complexity index is 421. The standard InChI is InChI=1S/C15H23NO3/c1-14(2,15(3,4)18)16-13(17)12(19-5)11-9-7-6-8-10-11/h6-10,12,18H,1-5H3,(H,16,17). The molecule has 106 valence electrons. The molecule has 0 aliphatic carbocycles. The van der Waals surface area contributed by atoms with Crippen molar-refractivity contribution < 1.29 is 14.6 Å². The van der Waals surface area contributed by atoms with Crippen LogP contribution in [0.25, 0.3) is 0 Å². The number of aliphatic hydroxyl groups is 1. The van der Waals surface area contributed by atoms with E-state index in [2.05, 4.69) is 5.32 Å². The molecular weight excluding hydrogens is 242 g/mol. The minimum Gasteiger partial charge on any atom is -0.388 e. The second-order valence-electron chi connectivity index (χ2n) is 5.70. The summed E-state index contributed by atoms with van der Waals surface area (Å²) in [5, 5.41) is 12.9. The molecule has 1 aromatic rings. The predicted molar refractivity (Wildman–Crippen MR) is 74.7 cm³/mol. The van der Waals surface area contributed by atoms with Crippen LogP contribution in [-0.2, 0) is 9.53 Å². The molecule has 0 spiro atoms. The maximum absolute atomic E-state index is 12.3. The Labute approximate surface area is 114 Å². The third-order valence-electron chi connectivity index (χ3n) is 3.54. The molecule has 4 heteroatoms. The highest BCUT2D eigenvalue weighted by Crippen LogP contribution is 2.23. The first kappa shape index (κ1) is 15.7. The van der Waals surface area contributed by atoms with E-state index in [1.165, 1.54) is 7.11 Å². The Hall–Kier alpha value is -1.39. The van der Waals surface area contributed by atoms with E-state index in [-0.39, 0.29) is 5.91 Å². The Morgan fingerprint density at radius 2 is 1.74 bits per heavy atom. The van der Waals surface area contributed by atoms with Crippen molar-refractivity contribution in [1.29, 1.82) is 0 Å². The fraction of sp³-hybridized carbons (Fsp3) is 0.533. The third kappa shape index (κ3) is 3.78. The van der Waals surface area contributed by atoms with Gasteiger partial charge < -0.3 is 15.2 Å². The van der Waals surface area contributed by atoms with E-state index in [1.807, 2.05) is 30.3 Å².